The third-order valence-electron chi connectivity index (χ3n) is 2.20. The van der Waals surface area contributed by atoms with Gasteiger partial charge in [0, 0.05) is 19.0 Å². The van der Waals surface area contributed by atoms with E-state index >= 15 is 0 Å². The molecule has 5 nitrogen and oxygen atoms in total. The highest BCUT2D eigenvalue weighted by atomic mass is 16.6. The van der Waals surface area contributed by atoms with Crippen molar-refractivity contribution in [3.63, 3.8) is 0 Å². The Labute approximate surface area is 95.9 Å². The molecule has 0 saturated carbocycles. The van der Waals surface area contributed by atoms with E-state index in [-0.39, 0.29) is 11.9 Å². The summed E-state index contributed by atoms with van der Waals surface area (Å²) in [5.74, 6) is -0.0152. The van der Waals surface area contributed by atoms with Crippen LogP contribution in [0.3, 0.4) is 0 Å². The van der Waals surface area contributed by atoms with Gasteiger partial charge in [-0.1, -0.05) is 0 Å². The van der Waals surface area contributed by atoms with Gasteiger partial charge in [0.05, 0.1) is 0 Å². The van der Waals surface area contributed by atoms with Crippen molar-refractivity contribution in [3.05, 3.63) is 0 Å². The van der Waals surface area contributed by atoms with Gasteiger partial charge in [0.1, 0.15) is 5.60 Å². The lowest BCUT2D eigenvalue weighted by Crippen LogP contribution is -2.40. The largest absolute Gasteiger partial charge is 0.444 e. The fraction of sp³-hybridized carbons (Fsp3) is 0.818. The minimum absolute atomic E-state index is 0.0152. The molecule has 0 bridgehead atoms. The van der Waals surface area contributed by atoms with E-state index < -0.39 is 11.7 Å². The highest BCUT2D eigenvalue weighted by Crippen LogP contribution is 2.10. The van der Waals surface area contributed by atoms with E-state index in [9.17, 15) is 9.59 Å². The number of amides is 2. The number of rotatable bonds is 1. The van der Waals surface area contributed by atoms with Crippen molar-refractivity contribution < 1.29 is 14.3 Å². The lowest BCUT2D eigenvalue weighted by Gasteiger charge is -2.22. The molecular formula is C11H20N2O3. The Hall–Kier alpha value is -1.26. The van der Waals surface area contributed by atoms with Crippen LogP contribution in [0.15, 0.2) is 0 Å². The molecule has 92 valence electrons. The lowest BCUT2D eigenvalue weighted by atomic mass is 10.1. The van der Waals surface area contributed by atoms with Crippen molar-refractivity contribution in [2.24, 2.45) is 0 Å². The number of hydrogen-bond acceptors (Lipinski definition) is 3. The second-order valence-corrected chi connectivity index (χ2v) is 5.04. The second kappa shape index (κ2) is 5.18. The van der Waals surface area contributed by atoms with Gasteiger partial charge in [0.2, 0.25) is 5.91 Å². The molecule has 2 N–H and O–H groups in total. The monoisotopic (exact) mass is 228 g/mol. The van der Waals surface area contributed by atoms with E-state index in [1.165, 1.54) is 0 Å². The van der Waals surface area contributed by atoms with Crippen molar-refractivity contribution in [1.82, 2.24) is 10.6 Å². The first-order valence-electron chi connectivity index (χ1n) is 5.63. The van der Waals surface area contributed by atoms with Crippen LogP contribution in [-0.4, -0.2) is 30.2 Å². The quantitative estimate of drug-likeness (QED) is 0.708. The average molecular weight is 228 g/mol. The van der Waals surface area contributed by atoms with Gasteiger partial charge >= 0.3 is 6.09 Å². The smallest absolute Gasteiger partial charge is 0.407 e. The van der Waals surface area contributed by atoms with Gasteiger partial charge < -0.3 is 15.4 Å². The predicted octanol–water partition coefficient (Wildman–Crippen LogP) is 1.18. The zero-order chi connectivity index (χ0) is 12.2. The first-order chi connectivity index (χ1) is 7.37. The first-order valence-corrected chi connectivity index (χ1v) is 5.63. The molecule has 2 amide bonds. The Morgan fingerprint density at radius 2 is 2.19 bits per heavy atom. The maximum Gasteiger partial charge on any atom is 0.407 e. The van der Waals surface area contributed by atoms with Crippen LogP contribution in [0, 0.1) is 0 Å². The molecule has 1 rings (SSSR count). The van der Waals surface area contributed by atoms with Crippen molar-refractivity contribution in [1.29, 1.82) is 0 Å². The molecule has 1 saturated heterocycles. The molecule has 1 heterocycles. The minimum atomic E-state index is -0.503. The maximum absolute atomic E-state index is 11.5. The SMILES string of the molecule is CC(C)(C)OC(=O)N[C@@H]1CCCNC(=O)C1. The van der Waals surface area contributed by atoms with Gasteiger partial charge in [0.15, 0.2) is 0 Å². The molecule has 0 unspecified atom stereocenters. The van der Waals surface area contributed by atoms with E-state index in [0.717, 1.165) is 12.8 Å². The summed E-state index contributed by atoms with van der Waals surface area (Å²) < 4.78 is 5.13. The van der Waals surface area contributed by atoms with E-state index in [1.54, 1.807) is 0 Å². The molecule has 1 fully saturated rings. The van der Waals surface area contributed by atoms with Crippen molar-refractivity contribution in [2.45, 2.75) is 51.7 Å². The highest BCUT2D eigenvalue weighted by molar-refractivity contribution is 5.78. The van der Waals surface area contributed by atoms with Crippen molar-refractivity contribution in [2.75, 3.05) is 6.54 Å². The zero-order valence-electron chi connectivity index (χ0n) is 10.1. The van der Waals surface area contributed by atoms with E-state index in [4.69, 9.17) is 4.74 Å². The highest BCUT2D eigenvalue weighted by Gasteiger charge is 2.22. The van der Waals surface area contributed by atoms with Crippen LogP contribution < -0.4 is 10.6 Å². The Bertz CT molecular complexity index is 271. The number of nitrogens with one attached hydrogen (secondary N) is 2. The molecule has 0 aromatic heterocycles. The summed E-state index contributed by atoms with van der Waals surface area (Å²) in [7, 11) is 0. The third-order valence-corrected chi connectivity index (χ3v) is 2.20. The van der Waals surface area contributed by atoms with E-state index in [0.29, 0.717) is 13.0 Å². The summed E-state index contributed by atoms with van der Waals surface area (Å²) >= 11 is 0. The lowest BCUT2D eigenvalue weighted by molar-refractivity contribution is -0.121. The van der Waals surface area contributed by atoms with Crippen LogP contribution in [0.25, 0.3) is 0 Å². The van der Waals surface area contributed by atoms with Crippen molar-refractivity contribution in [3.8, 4) is 0 Å². The normalized spacial score (nSPS) is 21.9. The van der Waals surface area contributed by atoms with Crippen LogP contribution in [0.4, 0.5) is 4.79 Å². The summed E-state index contributed by atoms with van der Waals surface area (Å²) in [6, 6.07) is -0.114. The van der Waals surface area contributed by atoms with Crippen LogP contribution in [-0.2, 0) is 9.53 Å². The maximum atomic E-state index is 11.5. The first kappa shape index (κ1) is 12.8. The van der Waals surface area contributed by atoms with Gasteiger partial charge in [-0.3, -0.25) is 4.79 Å². The minimum Gasteiger partial charge on any atom is -0.444 e. The Kier molecular flexibility index (Phi) is 4.15. The molecule has 0 spiro atoms. The van der Waals surface area contributed by atoms with Gasteiger partial charge in [-0.05, 0) is 33.6 Å². The average Bonchev–Trinajstić information content (AvgIpc) is 2.26. The van der Waals surface area contributed by atoms with E-state index in [2.05, 4.69) is 10.6 Å². The molecule has 0 radical (unpaired) electrons. The summed E-state index contributed by atoms with van der Waals surface area (Å²) in [6.07, 6.45) is 1.57. The zero-order valence-corrected chi connectivity index (χ0v) is 10.1. The molecule has 0 aromatic rings. The number of alkyl carbamates (subject to hydrolysis) is 1. The predicted molar refractivity (Wildman–Crippen MR) is 60.0 cm³/mol. The van der Waals surface area contributed by atoms with Crippen molar-refractivity contribution >= 4 is 12.0 Å². The van der Waals surface area contributed by atoms with Gasteiger partial charge in [-0.15, -0.1) is 0 Å². The Balaban J connectivity index is 2.40. The molecule has 1 atom stereocenters. The molecule has 5 heteroatoms. The fourth-order valence-corrected chi connectivity index (χ4v) is 1.57. The Morgan fingerprint density at radius 1 is 1.50 bits per heavy atom. The molecule has 0 aliphatic carbocycles. The molecular weight excluding hydrogens is 208 g/mol. The fourth-order valence-electron chi connectivity index (χ4n) is 1.57. The Morgan fingerprint density at radius 3 is 2.81 bits per heavy atom. The number of hydrogen-bond donors (Lipinski definition) is 2. The standard InChI is InChI=1S/C11H20N2O3/c1-11(2,3)16-10(15)13-8-5-4-6-12-9(14)7-8/h8H,4-7H2,1-3H3,(H,12,14)(H,13,15)/t8-/m1/s1. The third kappa shape index (κ3) is 5.00. The van der Waals surface area contributed by atoms with Gasteiger partial charge in [0.25, 0.3) is 0 Å². The van der Waals surface area contributed by atoms with Crippen LogP contribution in [0.5, 0.6) is 0 Å². The number of carbonyl (C=O) groups is 2. The van der Waals surface area contributed by atoms with Crippen LogP contribution in [0.1, 0.15) is 40.0 Å². The summed E-state index contributed by atoms with van der Waals surface area (Å²) in [5.41, 5.74) is -0.503. The molecule has 1 aliphatic rings. The van der Waals surface area contributed by atoms with Crippen LogP contribution in [0.2, 0.25) is 0 Å². The molecule has 16 heavy (non-hydrogen) atoms. The van der Waals surface area contributed by atoms with E-state index in [1.807, 2.05) is 20.8 Å². The topological polar surface area (TPSA) is 67.4 Å². The summed E-state index contributed by atoms with van der Waals surface area (Å²) in [5, 5.41) is 5.49. The summed E-state index contributed by atoms with van der Waals surface area (Å²) in [4.78, 5) is 22.7. The molecule has 1 aliphatic heterocycles. The van der Waals surface area contributed by atoms with Gasteiger partial charge in [-0.2, -0.15) is 0 Å². The second-order valence-electron chi connectivity index (χ2n) is 5.04. The summed E-state index contributed by atoms with van der Waals surface area (Å²) in [6.45, 7) is 6.12. The number of ether oxygens (including phenoxy) is 1. The van der Waals surface area contributed by atoms with Crippen LogP contribution >= 0.6 is 0 Å². The number of carbonyl (C=O) groups excluding carboxylic acids is 2. The molecule has 0 aromatic carbocycles. The van der Waals surface area contributed by atoms with Gasteiger partial charge in [-0.25, -0.2) is 4.79 Å².